The van der Waals surface area contributed by atoms with Crippen molar-refractivity contribution in [1.82, 2.24) is 9.55 Å². The highest BCUT2D eigenvalue weighted by atomic mass is 32.2. The van der Waals surface area contributed by atoms with E-state index in [4.69, 9.17) is 0 Å². The first-order valence-corrected chi connectivity index (χ1v) is 9.70. The molecule has 2 heterocycles. The number of carbonyl (C=O) groups excluding carboxylic acids is 1. The van der Waals surface area contributed by atoms with Gasteiger partial charge in [-0.1, -0.05) is 47.7 Å². The molecule has 25 heavy (non-hydrogen) atoms. The number of allylic oxidation sites excluding steroid dienone is 1. The highest BCUT2D eigenvalue weighted by Gasteiger charge is 2.17. The summed E-state index contributed by atoms with van der Waals surface area (Å²) in [6.45, 7) is 7.66. The Balaban J connectivity index is 2.19. The molecule has 0 aliphatic carbocycles. The molecule has 0 amide bonds. The average Bonchev–Trinajstić information content (AvgIpc) is 3.00. The molecule has 4 nitrogen and oxygen atoms in total. The molecule has 3 aromatic rings. The van der Waals surface area contributed by atoms with Crippen LogP contribution in [0.3, 0.4) is 0 Å². The van der Waals surface area contributed by atoms with E-state index in [9.17, 15) is 9.59 Å². The van der Waals surface area contributed by atoms with Gasteiger partial charge in [-0.05, 0) is 19.4 Å². The Hall–Kier alpha value is -2.18. The van der Waals surface area contributed by atoms with E-state index in [0.29, 0.717) is 27.7 Å². The molecule has 0 fully saturated rings. The largest absolute Gasteiger partial charge is 0.299 e. The Kier molecular flexibility index (Phi) is 5.20. The normalized spacial score (nSPS) is 11.0. The third-order valence-electron chi connectivity index (χ3n) is 3.74. The molecule has 0 N–H and O–H groups in total. The molecule has 0 bridgehead atoms. The van der Waals surface area contributed by atoms with E-state index < -0.39 is 0 Å². The second-order valence-corrected chi connectivity index (χ2v) is 7.59. The van der Waals surface area contributed by atoms with Gasteiger partial charge in [0.15, 0.2) is 5.16 Å². The molecule has 0 aliphatic rings. The summed E-state index contributed by atoms with van der Waals surface area (Å²) in [5.74, 6) is 0.349. The first kappa shape index (κ1) is 17.6. The van der Waals surface area contributed by atoms with Crippen molar-refractivity contribution in [3.05, 3.63) is 58.2 Å². The summed E-state index contributed by atoms with van der Waals surface area (Å²) in [6, 6.07) is 8.11. The molecule has 0 spiro atoms. The predicted molar refractivity (Wildman–Crippen MR) is 106 cm³/mol. The van der Waals surface area contributed by atoms with Crippen molar-refractivity contribution >= 4 is 39.1 Å². The van der Waals surface area contributed by atoms with Gasteiger partial charge in [0.05, 0.1) is 11.1 Å². The molecule has 128 valence electrons. The van der Waals surface area contributed by atoms with Crippen LogP contribution in [0, 0.1) is 6.92 Å². The van der Waals surface area contributed by atoms with E-state index in [-0.39, 0.29) is 11.3 Å². The van der Waals surface area contributed by atoms with Crippen molar-refractivity contribution in [2.24, 2.45) is 0 Å². The number of hydrogen-bond acceptors (Lipinski definition) is 5. The van der Waals surface area contributed by atoms with Crippen molar-refractivity contribution in [3.8, 4) is 11.1 Å². The Morgan fingerprint density at radius 1 is 1.36 bits per heavy atom. The van der Waals surface area contributed by atoms with Gasteiger partial charge in [0.2, 0.25) is 0 Å². The van der Waals surface area contributed by atoms with E-state index in [1.54, 1.807) is 10.6 Å². The number of carbonyl (C=O) groups is 1. The van der Waals surface area contributed by atoms with Gasteiger partial charge in [0, 0.05) is 17.5 Å². The van der Waals surface area contributed by atoms with Crippen molar-refractivity contribution in [3.63, 3.8) is 0 Å². The van der Waals surface area contributed by atoms with Crippen LogP contribution in [0.25, 0.3) is 21.3 Å². The monoisotopic (exact) mass is 370 g/mol. The summed E-state index contributed by atoms with van der Waals surface area (Å²) >= 11 is 2.75. The number of rotatable bonds is 6. The van der Waals surface area contributed by atoms with Crippen LogP contribution in [0.1, 0.15) is 12.5 Å². The summed E-state index contributed by atoms with van der Waals surface area (Å²) in [4.78, 5) is 29.7. The number of aromatic nitrogens is 2. The number of Topliss-reactive ketones (excluding diaryl/α,β-unsaturated/α-hetero) is 1. The predicted octanol–water partition coefficient (Wildman–Crippen LogP) is 4.30. The zero-order valence-electron chi connectivity index (χ0n) is 14.1. The van der Waals surface area contributed by atoms with E-state index in [1.807, 2.05) is 36.6 Å². The van der Waals surface area contributed by atoms with Gasteiger partial charge >= 0.3 is 0 Å². The molecule has 0 radical (unpaired) electrons. The number of fused-ring (bicyclic) bond motifs is 1. The molecule has 0 unspecified atom stereocenters. The second kappa shape index (κ2) is 7.37. The van der Waals surface area contributed by atoms with Crippen molar-refractivity contribution in [2.75, 3.05) is 5.75 Å². The van der Waals surface area contributed by atoms with Crippen LogP contribution in [-0.4, -0.2) is 21.1 Å². The van der Waals surface area contributed by atoms with Crippen molar-refractivity contribution < 1.29 is 4.79 Å². The third-order valence-corrected chi connectivity index (χ3v) is 5.73. The Bertz CT molecular complexity index is 1000. The van der Waals surface area contributed by atoms with Crippen LogP contribution in [0.5, 0.6) is 0 Å². The first-order valence-electron chi connectivity index (χ1n) is 7.83. The lowest BCUT2D eigenvalue weighted by molar-refractivity contribution is -0.114. The Morgan fingerprint density at radius 2 is 2.08 bits per heavy atom. The summed E-state index contributed by atoms with van der Waals surface area (Å²) in [6.07, 6.45) is 1.67. The van der Waals surface area contributed by atoms with Gasteiger partial charge < -0.3 is 0 Å². The van der Waals surface area contributed by atoms with Crippen LogP contribution in [-0.2, 0) is 11.3 Å². The second-order valence-electron chi connectivity index (χ2n) is 5.79. The summed E-state index contributed by atoms with van der Waals surface area (Å²) in [5.41, 5.74) is 2.99. The maximum atomic E-state index is 13.1. The topological polar surface area (TPSA) is 52.0 Å². The number of thioether (sulfide) groups is 1. The van der Waals surface area contributed by atoms with Gasteiger partial charge in [-0.25, -0.2) is 4.98 Å². The molecule has 0 saturated heterocycles. The lowest BCUT2D eigenvalue weighted by Crippen LogP contribution is -2.22. The summed E-state index contributed by atoms with van der Waals surface area (Å²) in [7, 11) is 0. The molecule has 3 rings (SSSR count). The summed E-state index contributed by atoms with van der Waals surface area (Å²) in [5, 5.41) is 3.16. The number of thiophene rings is 1. The highest BCUT2D eigenvalue weighted by molar-refractivity contribution is 7.99. The van der Waals surface area contributed by atoms with E-state index in [2.05, 4.69) is 11.6 Å². The van der Waals surface area contributed by atoms with Crippen LogP contribution < -0.4 is 5.56 Å². The fraction of sp³-hybridized carbons (Fsp3) is 0.211. The minimum atomic E-state index is -0.0900. The SMILES string of the molecule is C=CCn1c(SCC(C)=O)nc2scc(-c3ccc(C)cc3)c2c1=O. The maximum absolute atomic E-state index is 13.1. The third kappa shape index (κ3) is 3.60. The molecule has 0 atom stereocenters. The van der Waals surface area contributed by atoms with Gasteiger partial charge in [-0.2, -0.15) is 0 Å². The standard InChI is InChI=1S/C19H18N2O2S2/c1-4-9-21-18(23)16-15(14-7-5-12(2)6-8-14)11-24-17(16)20-19(21)25-10-13(3)22/h4-8,11H,1,9-10H2,2-3H3. The Labute approximate surface area is 154 Å². The van der Waals surface area contributed by atoms with Crippen LogP contribution >= 0.6 is 23.1 Å². The highest BCUT2D eigenvalue weighted by Crippen LogP contribution is 2.32. The van der Waals surface area contributed by atoms with E-state index in [0.717, 1.165) is 11.1 Å². The number of ketones is 1. The van der Waals surface area contributed by atoms with E-state index in [1.165, 1.54) is 35.6 Å². The number of benzene rings is 1. The fourth-order valence-electron chi connectivity index (χ4n) is 2.52. The minimum absolute atomic E-state index is 0.0519. The molecular formula is C19H18N2O2S2. The van der Waals surface area contributed by atoms with Gasteiger partial charge in [-0.3, -0.25) is 14.2 Å². The molecule has 6 heteroatoms. The maximum Gasteiger partial charge on any atom is 0.263 e. The van der Waals surface area contributed by atoms with Crippen molar-refractivity contribution in [2.45, 2.75) is 25.5 Å². The van der Waals surface area contributed by atoms with Gasteiger partial charge in [0.25, 0.3) is 5.56 Å². The van der Waals surface area contributed by atoms with Crippen LogP contribution in [0.4, 0.5) is 0 Å². The lowest BCUT2D eigenvalue weighted by atomic mass is 10.1. The lowest BCUT2D eigenvalue weighted by Gasteiger charge is -2.10. The molecular weight excluding hydrogens is 352 g/mol. The minimum Gasteiger partial charge on any atom is -0.299 e. The molecule has 0 saturated carbocycles. The molecule has 1 aromatic carbocycles. The molecule has 0 aliphatic heterocycles. The average molecular weight is 370 g/mol. The smallest absolute Gasteiger partial charge is 0.263 e. The summed E-state index contributed by atoms with van der Waals surface area (Å²) < 4.78 is 1.59. The molecule has 2 aromatic heterocycles. The van der Waals surface area contributed by atoms with Gasteiger partial charge in [-0.15, -0.1) is 17.9 Å². The van der Waals surface area contributed by atoms with Crippen molar-refractivity contribution in [1.29, 1.82) is 0 Å². The Morgan fingerprint density at radius 3 is 2.72 bits per heavy atom. The van der Waals surface area contributed by atoms with E-state index >= 15 is 0 Å². The number of hydrogen-bond donors (Lipinski definition) is 0. The number of nitrogens with zero attached hydrogens (tertiary/aromatic N) is 2. The van der Waals surface area contributed by atoms with Crippen LogP contribution in [0.15, 0.2) is 52.3 Å². The quantitative estimate of drug-likeness (QED) is 0.369. The first-order chi connectivity index (χ1) is 12.0. The number of aryl methyl sites for hydroxylation is 1. The zero-order valence-corrected chi connectivity index (χ0v) is 15.7. The van der Waals surface area contributed by atoms with Crippen LogP contribution in [0.2, 0.25) is 0 Å². The van der Waals surface area contributed by atoms with Gasteiger partial charge in [0.1, 0.15) is 10.6 Å². The fourth-order valence-corrected chi connectivity index (χ4v) is 4.31. The zero-order chi connectivity index (χ0) is 18.0.